The van der Waals surface area contributed by atoms with Gasteiger partial charge in [0.25, 0.3) is 0 Å². The highest BCUT2D eigenvalue weighted by atomic mass is 33.1. The second-order valence-electron chi connectivity index (χ2n) is 5.27. The Balaban J connectivity index is 1.87. The Kier molecular flexibility index (Phi) is 4.73. The Morgan fingerprint density at radius 2 is 1.95 bits per heavy atom. The van der Waals surface area contributed by atoms with E-state index in [1.807, 2.05) is 21.6 Å². The molecule has 7 heteroatoms. The molecule has 2 aliphatic heterocycles. The molecule has 2 aliphatic rings. The van der Waals surface area contributed by atoms with Crippen LogP contribution in [0.4, 0.5) is 0 Å². The van der Waals surface area contributed by atoms with Crippen LogP contribution in [0.1, 0.15) is 19.3 Å². The first-order chi connectivity index (χ1) is 10.1. The zero-order valence-corrected chi connectivity index (χ0v) is 14.3. The third-order valence-corrected chi connectivity index (χ3v) is 9.08. The molecule has 116 valence electrons. The normalized spacial score (nSPS) is 27.1. The fourth-order valence-corrected chi connectivity index (χ4v) is 6.80. The van der Waals surface area contributed by atoms with Gasteiger partial charge in [-0.05, 0) is 37.1 Å². The molecule has 1 aromatic carbocycles. The maximum Gasteiger partial charge on any atom is 0.243 e. The number of methoxy groups -OCH3 is 1. The van der Waals surface area contributed by atoms with Crippen molar-refractivity contribution in [2.45, 2.75) is 35.4 Å². The zero-order chi connectivity index (χ0) is 14.9. The lowest BCUT2D eigenvalue weighted by Crippen LogP contribution is -2.50. The molecule has 1 aromatic rings. The zero-order valence-electron chi connectivity index (χ0n) is 11.9. The molecule has 0 unspecified atom stereocenters. The van der Waals surface area contributed by atoms with Crippen LogP contribution in [0.5, 0.6) is 5.75 Å². The highest BCUT2D eigenvalue weighted by molar-refractivity contribution is 8.79. The molecule has 21 heavy (non-hydrogen) atoms. The van der Waals surface area contributed by atoms with Gasteiger partial charge in [-0.3, -0.25) is 0 Å². The second-order valence-corrected chi connectivity index (χ2v) is 9.82. The maximum atomic E-state index is 12.9. The van der Waals surface area contributed by atoms with Crippen LogP contribution < -0.4 is 4.74 Å². The van der Waals surface area contributed by atoms with Gasteiger partial charge in [-0.25, -0.2) is 8.42 Å². The van der Waals surface area contributed by atoms with Gasteiger partial charge in [-0.15, -0.1) is 0 Å². The first kappa shape index (κ1) is 15.5. The number of benzene rings is 1. The lowest BCUT2D eigenvalue weighted by atomic mass is 10.0. The lowest BCUT2D eigenvalue weighted by Gasteiger charge is -2.41. The molecule has 0 amide bonds. The van der Waals surface area contributed by atoms with Crippen molar-refractivity contribution >= 4 is 31.6 Å². The van der Waals surface area contributed by atoms with E-state index in [1.165, 1.54) is 0 Å². The van der Waals surface area contributed by atoms with Crippen molar-refractivity contribution in [2.24, 2.45) is 0 Å². The summed E-state index contributed by atoms with van der Waals surface area (Å²) in [4.78, 5) is 0.368. The van der Waals surface area contributed by atoms with Gasteiger partial charge in [-0.2, -0.15) is 4.31 Å². The van der Waals surface area contributed by atoms with E-state index < -0.39 is 10.0 Å². The van der Waals surface area contributed by atoms with Crippen LogP contribution in [0.3, 0.4) is 0 Å². The minimum atomic E-state index is -3.40. The topological polar surface area (TPSA) is 46.6 Å². The van der Waals surface area contributed by atoms with Crippen LogP contribution in [0, 0.1) is 0 Å². The first-order valence-electron chi connectivity index (χ1n) is 7.07. The minimum Gasteiger partial charge on any atom is -0.497 e. The third-order valence-electron chi connectivity index (χ3n) is 4.02. The van der Waals surface area contributed by atoms with E-state index in [2.05, 4.69) is 0 Å². The molecule has 0 spiro atoms. The van der Waals surface area contributed by atoms with Crippen LogP contribution in [-0.4, -0.2) is 43.4 Å². The predicted molar refractivity (Wildman–Crippen MR) is 88.4 cm³/mol. The predicted octanol–water partition coefficient (Wildman–Crippen LogP) is 3.00. The molecular weight excluding hydrogens is 326 g/mol. The summed E-state index contributed by atoms with van der Waals surface area (Å²) in [5.41, 5.74) is 0. The summed E-state index contributed by atoms with van der Waals surface area (Å²) >= 11 is 0. The average molecular weight is 346 g/mol. The molecule has 4 nitrogen and oxygen atoms in total. The Morgan fingerprint density at radius 1 is 1.24 bits per heavy atom. The van der Waals surface area contributed by atoms with Crippen molar-refractivity contribution in [3.05, 3.63) is 24.3 Å². The molecule has 2 fully saturated rings. The summed E-state index contributed by atoms with van der Waals surface area (Å²) in [6.45, 7) is 0.640. The van der Waals surface area contributed by atoms with E-state index in [1.54, 1.807) is 35.7 Å². The maximum absolute atomic E-state index is 12.9. The number of sulfonamides is 1. The van der Waals surface area contributed by atoms with Crippen LogP contribution in [0.2, 0.25) is 0 Å². The monoisotopic (exact) mass is 345 g/mol. The van der Waals surface area contributed by atoms with Crippen LogP contribution in [0.25, 0.3) is 0 Å². The molecule has 0 aliphatic carbocycles. The van der Waals surface area contributed by atoms with E-state index in [0.717, 1.165) is 25.0 Å². The van der Waals surface area contributed by atoms with Crippen molar-refractivity contribution in [2.75, 3.05) is 19.4 Å². The van der Waals surface area contributed by atoms with Crippen molar-refractivity contribution in [3.63, 3.8) is 0 Å². The van der Waals surface area contributed by atoms with Gasteiger partial charge >= 0.3 is 0 Å². The number of hydrogen-bond donors (Lipinski definition) is 0. The van der Waals surface area contributed by atoms with Gasteiger partial charge in [0.15, 0.2) is 0 Å². The highest BCUT2D eigenvalue weighted by Gasteiger charge is 2.40. The molecule has 0 N–H and O–H groups in total. The van der Waals surface area contributed by atoms with Crippen LogP contribution >= 0.6 is 21.6 Å². The Morgan fingerprint density at radius 3 is 2.52 bits per heavy atom. The molecule has 2 saturated heterocycles. The number of nitrogens with zero attached hydrogens (tertiary/aromatic N) is 1. The SMILES string of the molecule is COc1ccc(S(=O)(=O)N2CCCC[C@H]2[C@@H]2CSS2)cc1. The van der Waals surface area contributed by atoms with E-state index in [-0.39, 0.29) is 6.04 Å². The highest BCUT2D eigenvalue weighted by Crippen LogP contribution is 2.46. The van der Waals surface area contributed by atoms with Crippen molar-refractivity contribution in [1.82, 2.24) is 4.31 Å². The Labute approximate surface area is 134 Å². The lowest BCUT2D eigenvalue weighted by molar-refractivity contribution is 0.252. The smallest absolute Gasteiger partial charge is 0.243 e. The van der Waals surface area contributed by atoms with E-state index in [9.17, 15) is 8.42 Å². The Hall–Kier alpha value is -0.370. The number of ether oxygens (including phenoxy) is 1. The number of piperidine rings is 1. The second kappa shape index (κ2) is 6.40. The standard InChI is InChI=1S/C14H19NO3S3/c1-18-11-5-7-12(8-6-11)21(16,17)15-9-3-2-4-13(15)14-10-19-20-14/h5-8,13-14H,2-4,9-10H2,1H3/t13-,14-/m0/s1. The Bertz CT molecular complexity index is 584. The summed E-state index contributed by atoms with van der Waals surface area (Å²) < 4.78 is 32.7. The largest absolute Gasteiger partial charge is 0.497 e. The van der Waals surface area contributed by atoms with Crippen molar-refractivity contribution in [1.29, 1.82) is 0 Å². The molecule has 0 saturated carbocycles. The molecule has 2 atom stereocenters. The fourth-order valence-electron chi connectivity index (χ4n) is 2.81. The minimum absolute atomic E-state index is 0.150. The summed E-state index contributed by atoms with van der Waals surface area (Å²) in [5.74, 6) is 1.74. The molecular formula is C14H19NO3S3. The summed E-state index contributed by atoms with van der Waals surface area (Å²) in [6.07, 6.45) is 3.06. The molecule has 0 aromatic heterocycles. The van der Waals surface area contributed by atoms with E-state index in [4.69, 9.17) is 4.74 Å². The summed E-state index contributed by atoms with van der Waals surface area (Å²) in [7, 11) is 1.83. The quantitative estimate of drug-likeness (QED) is 0.785. The van der Waals surface area contributed by atoms with Gasteiger partial charge in [-0.1, -0.05) is 28.0 Å². The number of rotatable bonds is 4. The number of hydrogen-bond acceptors (Lipinski definition) is 5. The first-order valence-corrected chi connectivity index (χ1v) is 10.9. The molecule has 0 radical (unpaired) electrons. The summed E-state index contributed by atoms with van der Waals surface area (Å²) in [5, 5.41) is 0.448. The van der Waals surface area contributed by atoms with Gasteiger partial charge in [0.2, 0.25) is 10.0 Å². The van der Waals surface area contributed by atoms with Gasteiger partial charge in [0, 0.05) is 23.6 Å². The molecule has 3 rings (SSSR count). The van der Waals surface area contributed by atoms with Crippen LogP contribution in [-0.2, 0) is 10.0 Å². The summed E-state index contributed by atoms with van der Waals surface area (Å²) in [6, 6.07) is 6.85. The molecule has 2 heterocycles. The van der Waals surface area contributed by atoms with Crippen LogP contribution in [0.15, 0.2) is 29.2 Å². The van der Waals surface area contributed by atoms with Gasteiger partial charge < -0.3 is 4.74 Å². The van der Waals surface area contributed by atoms with Gasteiger partial charge in [0.05, 0.1) is 12.0 Å². The van der Waals surface area contributed by atoms with Crippen molar-refractivity contribution in [3.8, 4) is 5.75 Å². The third kappa shape index (κ3) is 3.06. The average Bonchev–Trinajstić information content (AvgIpc) is 2.46. The van der Waals surface area contributed by atoms with E-state index >= 15 is 0 Å². The van der Waals surface area contributed by atoms with E-state index in [0.29, 0.717) is 22.4 Å². The fraction of sp³-hybridized carbons (Fsp3) is 0.571. The molecule has 0 bridgehead atoms. The van der Waals surface area contributed by atoms with Gasteiger partial charge in [0.1, 0.15) is 5.75 Å². The van der Waals surface area contributed by atoms with Crippen molar-refractivity contribution < 1.29 is 13.2 Å².